The molecule has 0 bridgehead atoms. The third kappa shape index (κ3) is 3.24. The van der Waals surface area contributed by atoms with Crippen LogP contribution < -0.4 is 10.6 Å². The van der Waals surface area contributed by atoms with Gasteiger partial charge in [0, 0.05) is 6.20 Å². The van der Waals surface area contributed by atoms with Gasteiger partial charge < -0.3 is 20.8 Å². The quantitative estimate of drug-likeness (QED) is 0.468. The van der Waals surface area contributed by atoms with E-state index in [-0.39, 0.29) is 0 Å². The zero-order chi connectivity index (χ0) is 12.1. The first-order chi connectivity index (χ1) is 7.50. The Labute approximate surface area is 90.7 Å². The van der Waals surface area contributed by atoms with Crippen molar-refractivity contribution in [2.24, 2.45) is 0 Å². The molecule has 0 fully saturated rings. The summed E-state index contributed by atoms with van der Waals surface area (Å²) >= 11 is 0. The van der Waals surface area contributed by atoms with Crippen LogP contribution in [0.3, 0.4) is 0 Å². The molecule has 1 heterocycles. The molecule has 1 rings (SSSR count). The van der Waals surface area contributed by atoms with Gasteiger partial charge in [0.25, 0.3) is 0 Å². The van der Waals surface area contributed by atoms with Crippen molar-refractivity contribution < 1.29 is 19.8 Å². The maximum atomic E-state index is 11.3. The number of nitrogens with zero attached hydrogens (tertiary/aromatic N) is 1. The lowest BCUT2D eigenvalue weighted by Crippen LogP contribution is -2.49. The number of aromatic amines is 1. The fourth-order valence-electron chi connectivity index (χ4n) is 1.02. The molecule has 88 valence electrons. The van der Waals surface area contributed by atoms with Gasteiger partial charge in [0.1, 0.15) is 0 Å². The zero-order valence-corrected chi connectivity index (χ0v) is 8.47. The molecule has 2 amide bonds. The van der Waals surface area contributed by atoms with Crippen LogP contribution in [-0.4, -0.2) is 44.6 Å². The Balaban J connectivity index is 2.52. The Kier molecular flexibility index (Phi) is 3.84. The van der Waals surface area contributed by atoms with E-state index in [4.69, 9.17) is 10.2 Å². The minimum Gasteiger partial charge on any atom is -0.480 e. The molecule has 0 aromatic carbocycles. The number of carbonyl (C=O) groups is 2. The lowest BCUT2D eigenvalue weighted by molar-refractivity contribution is -0.141. The standard InChI is InChI=1S/C8H12N4O4/c1-4(13)6(7(14)15)12-8(16)11-5-2-9-10-3-5/h2-4,6,13H,1H3,(H,9,10)(H,14,15)(H2,11,12,16)/t4-,6+/m1/s1. The van der Waals surface area contributed by atoms with E-state index in [0.717, 1.165) is 0 Å². The average molecular weight is 228 g/mol. The highest BCUT2D eigenvalue weighted by atomic mass is 16.4. The van der Waals surface area contributed by atoms with Crippen LogP contribution in [0.2, 0.25) is 0 Å². The minimum absolute atomic E-state index is 0.396. The van der Waals surface area contributed by atoms with Crippen LogP contribution in [0.25, 0.3) is 0 Å². The molecule has 1 aromatic heterocycles. The van der Waals surface area contributed by atoms with Gasteiger partial charge in [-0.2, -0.15) is 5.10 Å². The van der Waals surface area contributed by atoms with E-state index in [1.54, 1.807) is 0 Å². The molecule has 0 aliphatic carbocycles. The normalized spacial score (nSPS) is 13.9. The van der Waals surface area contributed by atoms with Crippen LogP contribution in [0, 0.1) is 0 Å². The van der Waals surface area contributed by atoms with Crippen molar-refractivity contribution in [2.75, 3.05) is 5.32 Å². The number of urea groups is 1. The van der Waals surface area contributed by atoms with Gasteiger partial charge >= 0.3 is 12.0 Å². The van der Waals surface area contributed by atoms with Gasteiger partial charge in [-0.25, -0.2) is 9.59 Å². The molecular weight excluding hydrogens is 216 g/mol. The largest absolute Gasteiger partial charge is 0.480 e. The molecule has 5 N–H and O–H groups in total. The van der Waals surface area contributed by atoms with Crippen molar-refractivity contribution in [1.82, 2.24) is 15.5 Å². The number of carbonyl (C=O) groups excluding carboxylic acids is 1. The fourth-order valence-corrected chi connectivity index (χ4v) is 1.02. The second-order valence-electron chi connectivity index (χ2n) is 3.14. The maximum Gasteiger partial charge on any atom is 0.328 e. The van der Waals surface area contributed by atoms with Gasteiger partial charge in [-0.3, -0.25) is 5.10 Å². The number of carboxylic acids is 1. The van der Waals surface area contributed by atoms with Gasteiger partial charge in [0.2, 0.25) is 0 Å². The summed E-state index contributed by atoms with van der Waals surface area (Å²) in [6.07, 6.45) is 1.60. The SMILES string of the molecule is C[C@@H](O)[C@H](NC(=O)Nc1cn[nH]c1)C(=O)O. The summed E-state index contributed by atoms with van der Waals surface area (Å²) in [5, 5.41) is 28.3. The van der Waals surface area contributed by atoms with Crippen molar-refractivity contribution in [3.8, 4) is 0 Å². The second kappa shape index (κ2) is 5.12. The lowest BCUT2D eigenvalue weighted by Gasteiger charge is -2.16. The molecule has 2 atom stereocenters. The first-order valence-electron chi connectivity index (χ1n) is 4.48. The van der Waals surface area contributed by atoms with Crippen LogP contribution in [0.4, 0.5) is 10.5 Å². The van der Waals surface area contributed by atoms with E-state index in [9.17, 15) is 9.59 Å². The molecule has 1 aromatic rings. The predicted molar refractivity (Wildman–Crippen MR) is 53.8 cm³/mol. The number of aliphatic hydroxyl groups is 1. The summed E-state index contributed by atoms with van der Waals surface area (Å²) in [7, 11) is 0. The number of carboxylic acid groups (broad SMARTS) is 1. The Bertz CT molecular complexity index is 362. The molecule has 0 aliphatic rings. The third-order valence-electron chi connectivity index (χ3n) is 1.79. The molecule has 0 aliphatic heterocycles. The first kappa shape index (κ1) is 12.0. The topological polar surface area (TPSA) is 127 Å². The minimum atomic E-state index is -1.35. The van der Waals surface area contributed by atoms with Crippen molar-refractivity contribution in [2.45, 2.75) is 19.1 Å². The van der Waals surface area contributed by atoms with Gasteiger partial charge in [-0.15, -0.1) is 0 Å². The Morgan fingerprint density at radius 1 is 1.56 bits per heavy atom. The van der Waals surface area contributed by atoms with Crippen LogP contribution in [0.1, 0.15) is 6.92 Å². The second-order valence-corrected chi connectivity index (χ2v) is 3.14. The van der Waals surface area contributed by atoms with E-state index in [0.29, 0.717) is 5.69 Å². The summed E-state index contributed by atoms with van der Waals surface area (Å²) in [6, 6.07) is -2.08. The van der Waals surface area contributed by atoms with Gasteiger partial charge in [0.05, 0.1) is 18.0 Å². The number of aromatic nitrogens is 2. The van der Waals surface area contributed by atoms with Crippen LogP contribution in [-0.2, 0) is 4.79 Å². The molecule has 16 heavy (non-hydrogen) atoms. The van der Waals surface area contributed by atoms with E-state index >= 15 is 0 Å². The highest BCUT2D eigenvalue weighted by Crippen LogP contribution is 2.01. The first-order valence-corrected chi connectivity index (χ1v) is 4.48. The third-order valence-corrected chi connectivity index (χ3v) is 1.79. The number of H-pyrrole nitrogens is 1. The van der Waals surface area contributed by atoms with E-state index in [1.807, 2.05) is 0 Å². The van der Waals surface area contributed by atoms with E-state index in [2.05, 4.69) is 20.8 Å². The molecule has 8 heteroatoms. The Morgan fingerprint density at radius 3 is 2.69 bits per heavy atom. The number of rotatable bonds is 4. The van der Waals surface area contributed by atoms with Crippen molar-refractivity contribution in [3.63, 3.8) is 0 Å². The number of nitrogens with one attached hydrogen (secondary N) is 3. The summed E-state index contributed by atoms with van der Waals surface area (Å²) in [4.78, 5) is 21.9. The zero-order valence-electron chi connectivity index (χ0n) is 8.47. The van der Waals surface area contributed by atoms with Crippen LogP contribution >= 0.6 is 0 Å². The predicted octanol–water partition coefficient (Wildman–Crippen LogP) is -0.635. The number of aliphatic carboxylic acids is 1. The highest BCUT2D eigenvalue weighted by molar-refractivity contribution is 5.92. The van der Waals surface area contributed by atoms with Crippen molar-refractivity contribution in [1.29, 1.82) is 0 Å². The molecule has 0 unspecified atom stereocenters. The fraction of sp³-hybridized carbons (Fsp3) is 0.375. The van der Waals surface area contributed by atoms with E-state index < -0.39 is 24.1 Å². The van der Waals surface area contributed by atoms with Gasteiger partial charge in [0.15, 0.2) is 6.04 Å². The number of hydrogen-bond acceptors (Lipinski definition) is 4. The number of aliphatic hydroxyl groups excluding tert-OH is 1. The number of hydrogen-bond donors (Lipinski definition) is 5. The van der Waals surface area contributed by atoms with Gasteiger partial charge in [-0.1, -0.05) is 0 Å². The smallest absolute Gasteiger partial charge is 0.328 e. The van der Waals surface area contributed by atoms with E-state index in [1.165, 1.54) is 19.3 Å². The molecule has 8 nitrogen and oxygen atoms in total. The number of anilines is 1. The molecule has 0 saturated heterocycles. The molecule has 0 saturated carbocycles. The Hall–Kier alpha value is -2.09. The van der Waals surface area contributed by atoms with Crippen molar-refractivity contribution in [3.05, 3.63) is 12.4 Å². The monoisotopic (exact) mass is 228 g/mol. The van der Waals surface area contributed by atoms with Gasteiger partial charge in [-0.05, 0) is 6.92 Å². The number of amides is 2. The maximum absolute atomic E-state index is 11.3. The van der Waals surface area contributed by atoms with Crippen LogP contribution in [0.5, 0.6) is 0 Å². The summed E-state index contributed by atoms with van der Waals surface area (Å²) in [6.45, 7) is 1.27. The average Bonchev–Trinajstić information content (AvgIpc) is 2.65. The highest BCUT2D eigenvalue weighted by Gasteiger charge is 2.24. The van der Waals surface area contributed by atoms with Crippen LogP contribution in [0.15, 0.2) is 12.4 Å². The summed E-state index contributed by atoms with van der Waals surface area (Å²) in [5.74, 6) is -1.31. The summed E-state index contributed by atoms with van der Waals surface area (Å²) < 4.78 is 0. The lowest BCUT2D eigenvalue weighted by atomic mass is 10.2. The molecule has 0 radical (unpaired) electrons. The van der Waals surface area contributed by atoms with Crippen molar-refractivity contribution >= 4 is 17.7 Å². The molecule has 0 spiro atoms. The summed E-state index contributed by atoms with van der Waals surface area (Å²) in [5.41, 5.74) is 0.396. The Morgan fingerprint density at radius 2 is 2.25 bits per heavy atom. The molecular formula is C8H12N4O4.